The zero-order chi connectivity index (χ0) is 14.7. The lowest BCUT2D eigenvalue weighted by Crippen LogP contribution is -2.24. The Hall–Kier alpha value is -2.51. The van der Waals surface area contributed by atoms with Crippen molar-refractivity contribution in [1.82, 2.24) is 20.1 Å². The van der Waals surface area contributed by atoms with E-state index >= 15 is 0 Å². The highest BCUT2D eigenvalue weighted by molar-refractivity contribution is 5.94. The van der Waals surface area contributed by atoms with Crippen molar-refractivity contribution < 1.29 is 13.6 Å². The molecule has 0 saturated carbocycles. The first kappa shape index (κ1) is 13.9. The Morgan fingerprint density at radius 3 is 2.50 bits per heavy atom. The molecule has 2 aromatic rings. The Labute approximate surface area is 113 Å². The third-order valence-corrected chi connectivity index (χ3v) is 2.61. The molecule has 0 radical (unpaired) electrons. The van der Waals surface area contributed by atoms with Crippen LogP contribution < -0.4 is 10.6 Å². The summed E-state index contributed by atoms with van der Waals surface area (Å²) in [6.07, 6.45) is 1.49. The highest BCUT2D eigenvalue weighted by Crippen LogP contribution is 2.20. The smallest absolute Gasteiger partial charge is 0.251 e. The van der Waals surface area contributed by atoms with Crippen LogP contribution >= 0.6 is 0 Å². The molecule has 0 spiro atoms. The van der Waals surface area contributed by atoms with E-state index in [4.69, 9.17) is 0 Å². The molecule has 2 rings (SSSR count). The number of halogens is 2. The van der Waals surface area contributed by atoms with Crippen molar-refractivity contribution in [2.75, 3.05) is 12.4 Å². The number of aryl methyl sites for hydroxylation is 1. The molecule has 0 unspecified atom stereocenters. The van der Waals surface area contributed by atoms with E-state index < -0.39 is 17.5 Å². The predicted octanol–water partition coefficient (Wildman–Crippen LogP) is 1.06. The number of nitrogens with one attached hydrogen (secondary N) is 2. The van der Waals surface area contributed by atoms with Crippen LogP contribution in [-0.2, 0) is 13.6 Å². The highest BCUT2D eigenvalue weighted by Gasteiger charge is 2.14. The van der Waals surface area contributed by atoms with Gasteiger partial charge in [0.2, 0.25) is 0 Å². The van der Waals surface area contributed by atoms with E-state index in [1.165, 1.54) is 18.1 Å². The van der Waals surface area contributed by atoms with Gasteiger partial charge in [0.15, 0.2) is 5.82 Å². The van der Waals surface area contributed by atoms with Crippen molar-refractivity contribution in [3.8, 4) is 0 Å². The van der Waals surface area contributed by atoms with Crippen LogP contribution in [0.5, 0.6) is 0 Å². The minimum atomic E-state index is -0.825. The highest BCUT2D eigenvalue weighted by atomic mass is 19.1. The lowest BCUT2D eigenvalue weighted by molar-refractivity contribution is 0.0949. The van der Waals surface area contributed by atoms with E-state index in [0.29, 0.717) is 5.82 Å². The summed E-state index contributed by atoms with van der Waals surface area (Å²) in [6.45, 7) is 0.0801. The Bertz CT molecular complexity index is 618. The number of carbonyl (C=O) groups excluding carboxylic acids is 1. The van der Waals surface area contributed by atoms with Crippen LogP contribution in [0, 0.1) is 11.6 Å². The molecule has 0 saturated heterocycles. The van der Waals surface area contributed by atoms with Crippen LogP contribution in [0.1, 0.15) is 16.2 Å². The van der Waals surface area contributed by atoms with Gasteiger partial charge in [-0.25, -0.2) is 13.8 Å². The SMILES string of the molecule is CNc1c(F)cc(C(=O)NCc2ncn(C)n2)cc1F. The fourth-order valence-corrected chi connectivity index (χ4v) is 1.67. The predicted molar refractivity (Wildman–Crippen MR) is 68.1 cm³/mol. The summed E-state index contributed by atoms with van der Waals surface area (Å²) in [5, 5.41) is 8.85. The third kappa shape index (κ3) is 2.90. The van der Waals surface area contributed by atoms with Crippen molar-refractivity contribution in [3.05, 3.63) is 41.5 Å². The number of hydrogen-bond acceptors (Lipinski definition) is 4. The molecule has 8 heteroatoms. The monoisotopic (exact) mass is 281 g/mol. The normalized spacial score (nSPS) is 10.4. The second-order valence-electron chi connectivity index (χ2n) is 4.08. The van der Waals surface area contributed by atoms with Crippen molar-refractivity contribution in [3.63, 3.8) is 0 Å². The van der Waals surface area contributed by atoms with Gasteiger partial charge in [0.1, 0.15) is 23.6 Å². The molecule has 1 aromatic heterocycles. The van der Waals surface area contributed by atoms with Gasteiger partial charge in [-0.05, 0) is 12.1 Å². The molecule has 1 heterocycles. The molecule has 6 nitrogen and oxygen atoms in total. The topological polar surface area (TPSA) is 71.8 Å². The summed E-state index contributed by atoms with van der Waals surface area (Å²) in [6, 6.07) is 1.94. The molecule has 1 aromatic carbocycles. The van der Waals surface area contributed by atoms with Crippen LogP contribution in [-0.4, -0.2) is 27.7 Å². The number of benzene rings is 1. The minimum Gasteiger partial charge on any atom is -0.383 e. The van der Waals surface area contributed by atoms with Gasteiger partial charge < -0.3 is 10.6 Å². The van der Waals surface area contributed by atoms with Crippen LogP contribution in [0.3, 0.4) is 0 Å². The van der Waals surface area contributed by atoms with Gasteiger partial charge >= 0.3 is 0 Å². The fourth-order valence-electron chi connectivity index (χ4n) is 1.67. The van der Waals surface area contributed by atoms with Crippen LogP contribution in [0.15, 0.2) is 18.5 Å². The Kier molecular flexibility index (Phi) is 3.92. The summed E-state index contributed by atoms with van der Waals surface area (Å²) in [7, 11) is 3.09. The van der Waals surface area contributed by atoms with E-state index in [0.717, 1.165) is 12.1 Å². The standard InChI is InChI=1S/C12H13F2N5O/c1-15-11-8(13)3-7(4-9(11)14)12(20)16-5-10-17-6-19(2)18-10/h3-4,6,15H,5H2,1-2H3,(H,16,20). The van der Waals surface area contributed by atoms with E-state index in [1.54, 1.807) is 7.05 Å². The molecule has 20 heavy (non-hydrogen) atoms. The molecule has 2 N–H and O–H groups in total. The maximum Gasteiger partial charge on any atom is 0.251 e. The van der Waals surface area contributed by atoms with Crippen molar-refractivity contribution in [1.29, 1.82) is 0 Å². The second kappa shape index (κ2) is 5.64. The van der Waals surface area contributed by atoms with Gasteiger partial charge in [-0.15, -0.1) is 0 Å². The van der Waals surface area contributed by atoms with Crippen molar-refractivity contribution in [2.45, 2.75) is 6.54 Å². The number of rotatable bonds is 4. The van der Waals surface area contributed by atoms with E-state index in [1.807, 2.05) is 0 Å². The van der Waals surface area contributed by atoms with Crippen LogP contribution in [0.25, 0.3) is 0 Å². The Morgan fingerprint density at radius 2 is 2.00 bits per heavy atom. The van der Waals surface area contributed by atoms with E-state index in [9.17, 15) is 13.6 Å². The Morgan fingerprint density at radius 1 is 1.35 bits per heavy atom. The van der Waals surface area contributed by atoms with Crippen LogP contribution in [0.4, 0.5) is 14.5 Å². The summed E-state index contributed by atoms with van der Waals surface area (Å²) in [5.41, 5.74) is -0.372. The largest absolute Gasteiger partial charge is 0.383 e. The van der Waals surface area contributed by atoms with Gasteiger partial charge in [0.25, 0.3) is 5.91 Å². The second-order valence-corrected chi connectivity index (χ2v) is 4.08. The quantitative estimate of drug-likeness (QED) is 0.879. The summed E-state index contributed by atoms with van der Waals surface area (Å²) < 4.78 is 28.5. The Balaban J connectivity index is 2.09. The van der Waals surface area contributed by atoms with Gasteiger partial charge in [0.05, 0.1) is 6.54 Å². The lowest BCUT2D eigenvalue weighted by atomic mass is 10.1. The molecule has 0 bridgehead atoms. The fraction of sp³-hybridized carbons (Fsp3) is 0.250. The molecule has 0 aliphatic rings. The first-order valence-electron chi connectivity index (χ1n) is 5.80. The number of aromatic nitrogens is 3. The zero-order valence-electron chi connectivity index (χ0n) is 10.9. The van der Waals surface area contributed by atoms with Crippen molar-refractivity contribution >= 4 is 11.6 Å². The van der Waals surface area contributed by atoms with E-state index in [-0.39, 0.29) is 17.8 Å². The first-order chi connectivity index (χ1) is 9.51. The number of amides is 1. The van der Waals surface area contributed by atoms with Gasteiger partial charge in [-0.2, -0.15) is 5.10 Å². The molecule has 0 aliphatic carbocycles. The molecular formula is C12H13F2N5O. The maximum absolute atomic E-state index is 13.5. The average molecular weight is 281 g/mol. The zero-order valence-corrected chi connectivity index (χ0v) is 10.9. The van der Waals surface area contributed by atoms with Gasteiger partial charge in [-0.1, -0.05) is 0 Å². The third-order valence-electron chi connectivity index (χ3n) is 2.61. The number of carbonyl (C=O) groups is 1. The summed E-state index contributed by atoms with van der Waals surface area (Å²) in [5.74, 6) is -1.84. The summed E-state index contributed by atoms with van der Waals surface area (Å²) >= 11 is 0. The molecule has 0 aliphatic heterocycles. The molecule has 106 valence electrons. The minimum absolute atomic E-state index is 0.0801. The molecule has 0 atom stereocenters. The number of nitrogens with zero attached hydrogens (tertiary/aromatic N) is 3. The van der Waals surface area contributed by atoms with E-state index in [2.05, 4.69) is 20.7 Å². The molecular weight excluding hydrogens is 268 g/mol. The van der Waals surface area contributed by atoms with Crippen LogP contribution in [0.2, 0.25) is 0 Å². The van der Waals surface area contributed by atoms with Gasteiger partial charge in [0, 0.05) is 19.7 Å². The van der Waals surface area contributed by atoms with Crippen molar-refractivity contribution in [2.24, 2.45) is 7.05 Å². The average Bonchev–Trinajstić information content (AvgIpc) is 2.81. The number of anilines is 1. The molecule has 1 amide bonds. The molecule has 0 fully saturated rings. The summed E-state index contributed by atoms with van der Waals surface area (Å²) in [4.78, 5) is 15.7. The maximum atomic E-state index is 13.5. The first-order valence-corrected chi connectivity index (χ1v) is 5.80. The lowest BCUT2D eigenvalue weighted by Gasteiger charge is -2.07. The van der Waals surface area contributed by atoms with Gasteiger partial charge in [-0.3, -0.25) is 9.48 Å². The number of hydrogen-bond donors (Lipinski definition) is 2.